The van der Waals surface area contributed by atoms with Crippen LogP contribution >= 0.6 is 24.8 Å². The standard InChI is InChI=1S/C18H29N5O2.2ClH/c1-15(21-18(24)12-16-14-25-11-6-19-16)13-22-7-9-23(10-8-22)17-4-2-3-5-20-17;;/h2-5,15-16,19H,6-14H2,1H3,(H,21,24);2*1H. The third-order valence-electron chi connectivity index (χ3n) is 4.72. The molecule has 0 aromatic carbocycles. The van der Waals surface area contributed by atoms with Gasteiger partial charge in [0.05, 0.1) is 13.2 Å². The van der Waals surface area contributed by atoms with Gasteiger partial charge in [-0.05, 0) is 19.1 Å². The molecular formula is C18H31Cl2N5O2. The van der Waals surface area contributed by atoms with Gasteiger partial charge in [-0.25, -0.2) is 4.98 Å². The van der Waals surface area contributed by atoms with E-state index < -0.39 is 0 Å². The van der Waals surface area contributed by atoms with Crippen molar-refractivity contribution in [3.05, 3.63) is 24.4 Å². The van der Waals surface area contributed by atoms with Crippen molar-refractivity contribution in [3.63, 3.8) is 0 Å². The van der Waals surface area contributed by atoms with Gasteiger partial charge in [-0.2, -0.15) is 0 Å². The van der Waals surface area contributed by atoms with E-state index in [0.29, 0.717) is 13.0 Å². The monoisotopic (exact) mass is 419 g/mol. The topological polar surface area (TPSA) is 69.7 Å². The number of nitrogens with zero attached hydrogens (tertiary/aromatic N) is 3. The minimum Gasteiger partial charge on any atom is -0.378 e. The minimum atomic E-state index is 0. The van der Waals surface area contributed by atoms with E-state index >= 15 is 0 Å². The molecule has 0 saturated carbocycles. The van der Waals surface area contributed by atoms with Gasteiger partial charge in [-0.3, -0.25) is 9.69 Å². The third-order valence-corrected chi connectivity index (χ3v) is 4.72. The molecule has 1 aromatic rings. The second-order valence-electron chi connectivity index (χ2n) is 6.87. The molecule has 1 aromatic heterocycles. The number of nitrogens with one attached hydrogen (secondary N) is 2. The van der Waals surface area contributed by atoms with Crippen LogP contribution in [0, 0.1) is 0 Å². The summed E-state index contributed by atoms with van der Waals surface area (Å²) in [4.78, 5) is 21.3. The van der Waals surface area contributed by atoms with Gasteiger partial charge in [0.2, 0.25) is 5.91 Å². The van der Waals surface area contributed by atoms with E-state index in [4.69, 9.17) is 4.74 Å². The largest absolute Gasteiger partial charge is 0.378 e. The number of anilines is 1. The van der Waals surface area contributed by atoms with Gasteiger partial charge in [0.25, 0.3) is 0 Å². The second kappa shape index (κ2) is 12.4. The lowest BCUT2D eigenvalue weighted by atomic mass is 10.1. The molecule has 2 atom stereocenters. The first-order valence-electron chi connectivity index (χ1n) is 9.19. The summed E-state index contributed by atoms with van der Waals surface area (Å²) in [5.74, 6) is 1.15. The van der Waals surface area contributed by atoms with Crippen LogP contribution in [0.2, 0.25) is 0 Å². The molecule has 2 saturated heterocycles. The first kappa shape index (κ1) is 23.9. The number of rotatable bonds is 6. The van der Waals surface area contributed by atoms with Gasteiger partial charge in [0.1, 0.15) is 5.82 Å². The van der Waals surface area contributed by atoms with Crippen LogP contribution in [-0.2, 0) is 9.53 Å². The Balaban J connectivity index is 0.00000182. The molecule has 3 rings (SSSR count). The summed E-state index contributed by atoms with van der Waals surface area (Å²) in [6.07, 6.45) is 2.32. The van der Waals surface area contributed by atoms with Crippen molar-refractivity contribution >= 4 is 36.5 Å². The highest BCUT2D eigenvalue weighted by Crippen LogP contribution is 2.12. The SMILES string of the molecule is CC(CN1CCN(c2ccccn2)CC1)NC(=O)CC1COCCN1.Cl.Cl. The predicted octanol–water partition coefficient (Wildman–Crippen LogP) is 0.930. The summed E-state index contributed by atoms with van der Waals surface area (Å²) in [6, 6.07) is 6.32. The molecule has 0 bridgehead atoms. The van der Waals surface area contributed by atoms with Crippen LogP contribution in [-0.4, -0.2) is 80.4 Å². The van der Waals surface area contributed by atoms with Gasteiger partial charge >= 0.3 is 0 Å². The van der Waals surface area contributed by atoms with Crippen LogP contribution in [0.3, 0.4) is 0 Å². The molecule has 2 aliphatic heterocycles. The Kier molecular flexibility index (Phi) is 10.9. The van der Waals surface area contributed by atoms with Crippen LogP contribution in [0.25, 0.3) is 0 Å². The van der Waals surface area contributed by atoms with E-state index in [0.717, 1.165) is 51.7 Å². The van der Waals surface area contributed by atoms with Gasteiger partial charge in [-0.15, -0.1) is 24.8 Å². The molecule has 2 unspecified atom stereocenters. The lowest BCUT2D eigenvalue weighted by molar-refractivity contribution is -0.123. The Morgan fingerprint density at radius 3 is 2.74 bits per heavy atom. The Labute approximate surface area is 174 Å². The van der Waals surface area contributed by atoms with Gasteiger partial charge < -0.3 is 20.3 Å². The first-order valence-corrected chi connectivity index (χ1v) is 9.19. The second-order valence-corrected chi connectivity index (χ2v) is 6.87. The van der Waals surface area contributed by atoms with Crippen LogP contribution in [0.1, 0.15) is 13.3 Å². The average molecular weight is 420 g/mol. The molecule has 0 spiro atoms. The third kappa shape index (κ3) is 7.79. The highest BCUT2D eigenvalue weighted by Gasteiger charge is 2.21. The number of amides is 1. The fraction of sp³-hybridized carbons (Fsp3) is 0.667. The maximum atomic E-state index is 12.2. The average Bonchev–Trinajstić information content (AvgIpc) is 2.63. The quantitative estimate of drug-likeness (QED) is 0.714. The van der Waals surface area contributed by atoms with E-state index in [1.807, 2.05) is 18.3 Å². The van der Waals surface area contributed by atoms with E-state index in [1.54, 1.807) is 0 Å². The van der Waals surface area contributed by atoms with Gasteiger partial charge in [-0.1, -0.05) is 6.07 Å². The number of hydrogen-bond donors (Lipinski definition) is 2. The number of carbonyl (C=O) groups excluding carboxylic acids is 1. The van der Waals surface area contributed by atoms with E-state index in [2.05, 4.69) is 38.4 Å². The fourth-order valence-electron chi connectivity index (χ4n) is 3.44. The Hall–Kier alpha value is -1.12. The maximum Gasteiger partial charge on any atom is 0.221 e. The molecule has 154 valence electrons. The molecule has 3 heterocycles. The number of pyridine rings is 1. The summed E-state index contributed by atoms with van der Waals surface area (Å²) in [7, 11) is 0. The predicted molar refractivity (Wildman–Crippen MR) is 112 cm³/mol. The number of carbonyl (C=O) groups is 1. The zero-order valence-corrected chi connectivity index (χ0v) is 17.4. The molecule has 2 N–H and O–H groups in total. The van der Waals surface area contributed by atoms with Crippen LogP contribution in [0.5, 0.6) is 0 Å². The van der Waals surface area contributed by atoms with Crippen molar-refractivity contribution in [2.75, 3.05) is 57.4 Å². The number of morpholine rings is 1. The Bertz CT molecular complexity index is 538. The summed E-state index contributed by atoms with van der Waals surface area (Å²) in [5, 5.41) is 6.43. The number of piperazine rings is 1. The fourth-order valence-corrected chi connectivity index (χ4v) is 3.44. The van der Waals surface area contributed by atoms with Crippen molar-refractivity contribution in [1.82, 2.24) is 20.5 Å². The molecule has 27 heavy (non-hydrogen) atoms. The first-order chi connectivity index (χ1) is 12.2. The van der Waals surface area contributed by atoms with Crippen molar-refractivity contribution in [2.24, 2.45) is 0 Å². The number of hydrogen-bond acceptors (Lipinski definition) is 6. The Morgan fingerprint density at radius 2 is 2.11 bits per heavy atom. The van der Waals surface area contributed by atoms with Crippen LogP contribution in [0.4, 0.5) is 5.82 Å². The summed E-state index contributed by atoms with van der Waals surface area (Å²) < 4.78 is 5.40. The van der Waals surface area contributed by atoms with Crippen LogP contribution in [0.15, 0.2) is 24.4 Å². The zero-order chi connectivity index (χ0) is 17.5. The van der Waals surface area contributed by atoms with Crippen LogP contribution < -0.4 is 15.5 Å². The maximum absolute atomic E-state index is 12.2. The summed E-state index contributed by atoms with van der Waals surface area (Å²) in [6.45, 7) is 9.08. The molecule has 2 fully saturated rings. The normalized spacial score (nSPS) is 21.5. The highest BCUT2D eigenvalue weighted by atomic mass is 35.5. The van der Waals surface area contributed by atoms with Gasteiger partial charge in [0.15, 0.2) is 0 Å². The molecule has 2 aliphatic rings. The number of halogens is 2. The van der Waals surface area contributed by atoms with E-state index in [1.165, 1.54) is 0 Å². The Morgan fingerprint density at radius 1 is 1.33 bits per heavy atom. The summed E-state index contributed by atoms with van der Waals surface area (Å²) in [5.41, 5.74) is 0. The molecule has 9 heteroatoms. The van der Waals surface area contributed by atoms with Crippen molar-refractivity contribution in [2.45, 2.75) is 25.4 Å². The molecule has 7 nitrogen and oxygen atoms in total. The number of ether oxygens (including phenoxy) is 1. The minimum absolute atomic E-state index is 0. The van der Waals surface area contributed by atoms with Crippen molar-refractivity contribution in [1.29, 1.82) is 0 Å². The smallest absolute Gasteiger partial charge is 0.221 e. The molecule has 1 amide bonds. The molecule has 0 aliphatic carbocycles. The zero-order valence-electron chi connectivity index (χ0n) is 15.8. The summed E-state index contributed by atoms with van der Waals surface area (Å²) >= 11 is 0. The van der Waals surface area contributed by atoms with Gasteiger partial charge in [0, 0.05) is 64.0 Å². The molecular weight excluding hydrogens is 389 g/mol. The van der Waals surface area contributed by atoms with E-state index in [-0.39, 0.29) is 42.8 Å². The lowest BCUT2D eigenvalue weighted by Crippen LogP contribution is -2.51. The lowest BCUT2D eigenvalue weighted by Gasteiger charge is -2.36. The van der Waals surface area contributed by atoms with E-state index in [9.17, 15) is 4.79 Å². The highest BCUT2D eigenvalue weighted by molar-refractivity contribution is 5.85. The van der Waals surface area contributed by atoms with Crippen molar-refractivity contribution < 1.29 is 9.53 Å². The number of aromatic nitrogens is 1. The molecule has 0 radical (unpaired) electrons. The van der Waals surface area contributed by atoms with Crippen molar-refractivity contribution in [3.8, 4) is 0 Å².